The van der Waals surface area contributed by atoms with Gasteiger partial charge in [-0.15, -0.1) is 0 Å². The topological polar surface area (TPSA) is 55.4 Å². The van der Waals surface area contributed by atoms with Gasteiger partial charge in [0.05, 0.1) is 12.1 Å². The van der Waals surface area contributed by atoms with Gasteiger partial charge in [-0.2, -0.15) is 0 Å². The highest BCUT2D eigenvalue weighted by Gasteiger charge is 2.22. The van der Waals surface area contributed by atoms with E-state index in [1.54, 1.807) is 0 Å². The summed E-state index contributed by atoms with van der Waals surface area (Å²) in [6.07, 6.45) is -1.93. The molecular weight excluding hydrogens is 378 g/mol. The first-order valence-electron chi connectivity index (χ1n) is 7.27. The van der Waals surface area contributed by atoms with Gasteiger partial charge < -0.3 is 10.1 Å². The van der Waals surface area contributed by atoms with Crippen LogP contribution in [0.4, 0.5) is 23.2 Å². The van der Waals surface area contributed by atoms with Crippen molar-refractivity contribution in [3.05, 3.63) is 64.2 Å². The highest BCUT2D eigenvalue weighted by molar-refractivity contribution is 6.31. The Balaban J connectivity index is 2.01. The van der Waals surface area contributed by atoms with Gasteiger partial charge in [-0.3, -0.25) is 9.59 Å². The number of carbonyl (C=O) groups excluding carboxylic acids is 2. The number of carbonyl (C=O) groups is 2. The van der Waals surface area contributed by atoms with Gasteiger partial charge >= 0.3 is 5.97 Å². The summed E-state index contributed by atoms with van der Waals surface area (Å²) in [5.41, 5.74) is -0.715. The Hall–Kier alpha value is -2.61. The molecule has 0 unspecified atom stereocenters. The van der Waals surface area contributed by atoms with Crippen molar-refractivity contribution in [2.24, 2.45) is 0 Å². The smallest absolute Gasteiger partial charge is 0.311 e. The average Bonchev–Trinajstić information content (AvgIpc) is 2.58. The zero-order chi connectivity index (χ0) is 19.4. The average molecular weight is 390 g/mol. The van der Waals surface area contributed by atoms with Crippen molar-refractivity contribution < 1.29 is 31.9 Å². The number of hydrogen-bond donors (Lipinski definition) is 1. The summed E-state index contributed by atoms with van der Waals surface area (Å²) >= 11 is 5.79. The number of anilines is 1. The summed E-state index contributed by atoms with van der Waals surface area (Å²) in [4.78, 5) is 23.8. The lowest BCUT2D eigenvalue weighted by Gasteiger charge is -2.14. The third-order valence-electron chi connectivity index (χ3n) is 3.35. The monoisotopic (exact) mass is 389 g/mol. The summed E-state index contributed by atoms with van der Waals surface area (Å²) in [6, 6.07) is 5.30. The molecule has 0 saturated heterocycles. The molecule has 1 N–H and O–H groups in total. The maximum atomic E-state index is 13.6. The van der Waals surface area contributed by atoms with Crippen LogP contribution in [0.3, 0.4) is 0 Å². The van der Waals surface area contributed by atoms with Crippen LogP contribution in [0.15, 0.2) is 30.3 Å². The minimum Gasteiger partial charge on any atom is -0.452 e. The number of hydrogen-bond acceptors (Lipinski definition) is 3. The molecule has 26 heavy (non-hydrogen) atoms. The van der Waals surface area contributed by atoms with Crippen LogP contribution in [0.2, 0.25) is 5.02 Å². The minimum absolute atomic E-state index is 0.0166. The standard InChI is InChI=1S/C17H12ClF4NO3/c1-8(17(25)23-13-6-5-12(20)15(21)16(13)22)26-14(24)7-9-10(18)3-2-4-11(9)19/h2-6,8H,7H2,1H3,(H,23,25)/t8-/m0/s1. The molecule has 0 fully saturated rings. The maximum Gasteiger partial charge on any atom is 0.311 e. The Labute approximate surface area is 150 Å². The van der Waals surface area contributed by atoms with Gasteiger partial charge in [0.2, 0.25) is 0 Å². The largest absolute Gasteiger partial charge is 0.452 e. The number of halogens is 5. The van der Waals surface area contributed by atoms with Gasteiger partial charge in [0, 0.05) is 10.6 Å². The predicted molar refractivity (Wildman–Crippen MR) is 85.6 cm³/mol. The normalized spacial score (nSPS) is 11.8. The predicted octanol–water partition coefficient (Wildman–Crippen LogP) is 4.01. The number of benzene rings is 2. The van der Waals surface area contributed by atoms with Crippen molar-refractivity contribution in [3.8, 4) is 0 Å². The first kappa shape index (κ1) is 19.7. The van der Waals surface area contributed by atoms with Crippen LogP contribution in [-0.4, -0.2) is 18.0 Å². The molecule has 0 aliphatic carbocycles. The first-order chi connectivity index (χ1) is 12.2. The third-order valence-corrected chi connectivity index (χ3v) is 3.71. The van der Waals surface area contributed by atoms with Crippen LogP contribution in [0.25, 0.3) is 0 Å². The van der Waals surface area contributed by atoms with E-state index < -0.39 is 53.4 Å². The third kappa shape index (κ3) is 4.51. The van der Waals surface area contributed by atoms with E-state index in [1.807, 2.05) is 5.32 Å². The zero-order valence-electron chi connectivity index (χ0n) is 13.3. The summed E-state index contributed by atoms with van der Waals surface area (Å²) < 4.78 is 58.0. The molecule has 2 rings (SSSR count). The lowest BCUT2D eigenvalue weighted by molar-refractivity contribution is -0.152. The lowest BCUT2D eigenvalue weighted by Crippen LogP contribution is -2.31. The van der Waals surface area contributed by atoms with Crippen molar-refractivity contribution >= 4 is 29.2 Å². The second-order valence-electron chi connectivity index (χ2n) is 5.22. The van der Waals surface area contributed by atoms with E-state index >= 15 is 0 Å². The summed E-state index contributed by atoms with van der Waals surface area (Å²) in [6.45, 7) is 1.17. The number of amides is 1. The number of esters is 1. The molecule has 0 aromatic heterocycles. The Morgan fingerprint density at radius 2 is 1.77 bits per heavy atom. The first-order valence-corrected chi connectivity index (χ1v) is 7.65. The molecule has 0 bridgehead atoms. The molecule has 4 nitrogen and oxygen atoms in total. The van der Waals surface area contributed by atoms with Gasteiger partial charge in [0.1, 0.15) is 5.82 Å². The van der Waals surface area contributed by atoms with Crippen molar-refractivity contribution in [2.45, 2.75) is 19.4 Å². The fourth-order valence-corrected chi connectivity index (χ4v) is 2.22. The number of nitrogens with one attached hydrogen (secondary N) is 1. The van der Waals surface area contributed by atoms with Crippen LogP contribution in [0.1, 0.15) is 12.5 Å². The molecule has 9 heteroatoms. The van der Waals surface area contributed by atoms with Gasteiger partial charge in [0.25, 0.3) is 5.91 Å². The van der Waals surface area contributed by atoms with Crippen LogP contribution in [-0.2, 0) is 20.7 Å². The molecule has 1 amide bonds. The number of ether oxygens (including phenoxy) is 1. The molecule has 2 aromatic carbocycles. The van der Waals surface area contributed by atoms with E-state index in [0.717, 1.165) is 12.1 Å². The van der Waals surface area contributed by atoms with E-state index in [0.29, 0.717) is 6.07 Å². The van der Waals surface area contributed by atoms with E-state index in [9.17, 15) is 27.2 Å². The highest BCUT2D eigenvalue weighted by Crippen LogP contribution is 2.21. The molecule has 0 spiro atoms. The Morgan fingerprint density at radius 3 is 2.42 bits per heavy atom. The molecule has 1 atom stereocenters. The van der Waals surface area contributed by atoms with Crippen molar-refractivity contribution in [2.75, 3.05) is 5.32 Å². The van der Waals surface area contributed by atoms with Crippen LogP contribution in [0.5, 0.6) is 0 Å². The molecular formula is C17H12ClF4NO3. The molecule has 2 aromatic rings. The minimum atomic E-state index is -1.75. The summed E-state index contributed by atoms with van der Waals surface area (Å²) in [5.74, 6) is -7.40. The molecule has 0 aliphatic rings. The van der Waals surface area contributed by atoms with Gasteiger partial charge in [-0.1, -0.05) is 17.7 Å². The van der Waals surface area contributed by atoms with Gasteiger partial charge in [-0.25, -0.2) is 17.6 Å². The van der Waals surface area contributed by atoms with Crippen molar-refractivity contribution in [1.29, 1.82) is 0 Å². The van der Waals surface area contributed by atoms with Crippen molar-refractivity contribution in [3.63, 3.8) is 0 Å². The molecule has 0 radical (unpaired) electrons. The fraction of sp³-hybridized carbons (Fsp3) is 0.176. The zero-order valence-corrected chi connectivity index (χ0v) is 14.0. The summed E-state index contributed by atoms with van der Waals surface area (Å²) in [5, 5.41) is 1.99. The van der Waals surface area contributed by atoms with Gasteiger partial charge in [-0.05, 0) is 31.2 Å². The van der Waals surface area contributed by atoms with E-state index in [4.69, 9.17) is 16.3 Å². The van der Waals surface area contributed by atoms with Crippen molar-refractivity contribution in [1.82, 2.24) is 0 Å². The second kappa shape index (κ2) is 8.18. The number of rotatable bonds is 5. The Kier molecular flexibility index (Phi) is 6.20. The maximum absolute atomic E-state index is 13.6. The van der Waals surface area contributed by atoms with E-state index in [2.05, 4.69) is 0 Å². The molecule has 0 saturated carbocycles. The lowest BCUT2D eigenvalue weighted by atomic mass is 10.1. The quantitative estimate of drug-likeness (QED) is 0.477. The highest BCUT2D eigenvalue weighted by atomic mass is 35.5. The molecule has 0 aliphatic heterocycles. The SMILES string of the molecule is C[C@H](OC(=O)Cc1c(F)cccc1Cl)C(=O)Nc1ccc(F)c(F)c1F. The van der Waals surface area contributed by atoms with Crippen LogP contribution in [0, 0.1) is 23.3 Å². The van der Waals surface area contributed by atoms with Crippen LogP contribution < -0.4 is 5.32 Å². The Bertz CT molecular complexity index is 840. The fourth-order valence-electron chi connectivity index (χ4n) is 1.99. The molecule has 138 valence electrons. The van der Waals surface area contributed by atoms with E-state index in [1.165, 1.54) is 19.1 Å². The van der Waals surface area contributed by atoms with Crippen LogP contribution >= 0.6 is 11.6 Å². The molecule has 0 heterocycles. The second-order valence-corrected chi connectivity index (χ2v) is 5.63. The Morgan fingerprint density at radius 1 is 1.08 bits per heavy atom. The van der Waals surface area contributed by atoms with E-state index in [-0.39, 0.29) is 10.6 Å². The van der Waals surface area contributed by atoms with Gasteiger partial charge in [0.15, 0.2) is 23.6 Å². The summed E-state index contributed by atoms with van der Waals surface area (Å²) in [7, 11) is 0.